The molecule has 0 radical (unpaired) electrons. The van der Waals surface area contributed by atoms with Crippen LogP contribution < -0.4 is 10.1 Å². The highest BCUT2D eigenvalue weighted by Crippen LogP contribution is 2.27. The van der Waals surface area contributed by atoms with Gasteiger partial charge >= 0.3 is 0 Å². The quantitative estimate of drug-likeness (QED) is 0.801. The Morgan fingerprint density at radius 1 is 1.45 bits per heavy atom. The van der Waals surface area contributed by atoms with Gasteiger partial charge in [-0.15, -0.1) is 0 Å². The van der Waals surface area contributed by atoms with Gasteiger partial charge in [-0.05, 0) is 40.1 Å². The number of hydrogen-bond acceptors (Lipinski definition) is 4. The zero-order chi connectivity index (χ0) is 15.3. The van der Waals surface area contributed by atoms with E-state index in [1.54, 1.807) is 19.1 Å². The molecule has 0 bridgehead atoms. The van der Waals surface area contributed by atoms with E-state index in [2.05, 4.69) is 5.32 Å². The van der Waals surface area contributed by atoms with Crippen molar-refractivity contribution in [1.29, 1.82) is 0 Å². The molecule has 0 fully saturated rings. The number of nitrogens with zero attached hydrogens (tertiary/aromatic N) is 1. The molecule has 0 spiro atoms. The van der Waals surface area contributed by atoms with Gasteiger partial charge in [-0.25, -0.2) is 4.39 Å². The second kappa shape index (κ2) is 7.02. The number of ether oxygens (including phenoxy) is 1. The maximum absolute atomic E-state index is 13.9. The van der Waals surface area contributed by atoms with E-state index in [4.69, 9.17) is 4.74 Å². The Balaban J connectivity index is 2.75. The Kier molecular flexibility index (Phi) is 5.92. The molecule has 0 aliphatic heterocycles. The molecule has 5 heteroatoms. The first-order valence-corrected chi connectivity index (χ1v) is 6.69. The van der Waals surface area contributed by atoms with Crippen molar-refractivity contribution >= 4 is 0 Å². The summed E-state index contributed by atoms with van der Waals surface area (Å²) in [6.07, 6.45) is 0. The molecule has 20 heavy (non-hydrogen) atoms. The van der Waals surface area contributed by atoms with Gasteiger partial charge in [0.2, 0.25) is 0 Å². The van der Waals surface area contributed by atoms with Gasteiger partial charge in [0.1, 0.15) is 11.6 Å². The molecule has 2 unspecified atom stereocenters. The molecule has 0 aliphatic rings. The van der Waals surface area contributed by atoms with E-state index in [0.717, 1.165) is 0 Å². The van der Waals surface area contributed by atoms with E-state index in [1.165, 1.54) is 13.2 Å². The van der Waals surface area contributed by atoms with E-state index in [1.807, 2.05) is 25.9 Å². The van der Waals surface area contributed by atoms with Crippen molar-refractivity contribution in [3.05, 3.63) is 29.6 Å². The monoisotopic (exact) mass is 284 g/mol. The number of nitrogens with one attached hydrogen (secondary N) is 1. The molecule has 114 valence electrons. The van der Waals surface area contributed by atoms with Crippen LogP contribution in [0.15, 0.2) is 18.2 Å². The summed E-state index contributed by atoms with van der Waals surface area (Å²) in [5.74, 6) is 0.203. The maximum Gasteiger partial charge on any atom is 0.131 e. The van der Waals surface area contributed by atoms with Crippen molar-refractivity contribution in [3.63, 3.8) is 0 Å². The van der Waals surface area contributed by atoms with Gasteiger partial charge in [-0.2, -0.15) is 0 Å². The minimum Gasteiger partial charge on any atom is -0.496 e. The molecular formula is C15H25FN2O2. The third-order valence-electron chi connectivity index (χ3n) is 3.11. The van der Waals surface area contributed by atoms with Crippen molar-refractivity contribution < 1.29 is 14.2 Å². The van der Waals surface area contributed by atoms with Gasteiger partial charge in [0, 0.05) is 24.7 Å². The summed E-state index contributed by atoms with van der Waals surface area (Å²) in [4.78, 5) is 1.91. The van der Waals surface area contributed by atoms with Crippen LogP contribution in [0.5, 0.6) is 5.75 Å². The minimum atomic E-state index is -0.879. The zero-order valence-corrected chi connectivity index (χ0v) is 12.9. The Morgan fingerprint density at radius 3 is 2.65 bits per heavy atom. The molecule has 1 aromatic carbocycles. The van der Waals surface area contributed by atoms with Crippen LogP contribution in [-0.2, 0) is 0 Å². The fourth-order valence-electron chi connectivity index (χ4n) is 2.33. The van der Waals surface area contributed by atoms with Crippen molar-refractivity contribution in [2.24, 2.45) is 0 Å². The zero-order valence-electron chi connectivity index (χ0n) is 12.9. The standard InChI is InChI=1S/C15H25FN2O2/c1-11(17-9-15(2,19)10-18(3)4)14-12(16)7-6-8-13(14)20-5/h6-8,11,17,19H,9-10H2,1-5H3. The summed E-state index contributed by atoms with van der Waals surface area (Å²) >= 11 is 0. The third-order valence-corrected chi connectivity index (χ3v) is 3.11. The molecule has 2 atom stereocenters. The lowest BCUT2D eigenvalue weighted by atomic mass is 10.0. The van der Waals surface area contributed by atoms with Crippen molar-refractivity contribution in [3.8, 4) is 5.75 Å². The summed E-state index contributed by atoms with van der Waals surface area (Å²) in [7, 11) is 5.32. The Morgan fingerprint density at radius 2 is 2.10 bits per heavy atom. The first kappa shape index (κ1) is 16.9. The van der Waals surface area contributed by atoms with Crippen LogP contribution in [0.1, 0.15) is 25.5 Å². The lowest BCUT2D eigenvalue weighted by Gasteiger charge is -2.29. The van der Waals surface area contributed by atoms with Crippen LogP contribution in [-0.4, -0.2) is 49.9 Å². The van der Waals surface area contributed by atoms with Crippen molar-refractivity contribution in [2.75, 3.05) is 34.3 Å². The second-order valence-electron chi connectivity index (χ2n) is 5.69. The second-order valence-corrected chi connectivity index (χ2v) is 5.69. The highest BCUT2D eigenvalue weighted by molar-refractivity contribution is 5.36. The van der Waals surface area contributed by atoms with Crippen LogP contribution in [0, 0.1) is 5.82 Å². The van der Waals surface area contributed by atoms with E-state index in [0.29, 0.717) is 24.4 Å². The number of likely N-dealkylation sites (N-methyl/N-ethyl adjacent to an activating group) is 1. The van der Waals surface area contributed by atoms with Gasteiger partial charge in [0.25, 0.3) is 0 Å². The number of rotatable bonds is 7. The molecule has 2 N–H and O–H groups in total. The predicted molar refractivity (Wildman–Crippen MR) is 78.5 cm³/mol. The van der Waals surface area contributed by atoms with E-state index >= 15 is 0 Å². The molecule has 0 amide bonds. The molecule has 0 saturated heterocycles. The number of aliphatic hydroxyl groups is 1. The van der Waals surface area contributed by atoms with Gasteiger partial charge in [0.05, 0.1) is 12.7 Å². The summed E-state index contributed by atoms with van der Waals surface area (Å²) in [6, 6.07) is 4.51. The number of hydrogen-bond donors (Lipinski definition) is 2. The Bertz CT molecular complexity index is 436. The number of halogens is 1. The molecule has 1 aromatic rings. The topological polar surface area (TPSA) is 44.7 Å². The largest absolute Gasteiger partial charge is 0.496 e. The molecular weight excluding hydrogens is 259 g/mol. The summed E-state index contributed by atoms with van der Waals surface area (Å²) in [5, 5.41) is 13.4. The summed E-state index contributed by atoms with van der Waals surface area (Å²) in [6.45, 7) is 4.50. The Hall–Kier alpha value is -1.17. The molecule has 0 aromatic heterocycles. The maximum atomic E-state index is 13.9. The van der Waals surface area contributed by atoms with E-state index in [-0.39, 0.29) is 11.9 Å². The van der Waals surface area contributed by atoms with Crippen molar-refractivity contribution in [2.45, 2.75) is 25.5 Å². The van der Waals surface area contributed by atoms with E-state index < -0.39 is 5.60 Å². The molecule has 1 rings (SSSR count). The Labute approximate surface area is 120 Å². The number of methoxy groups -OCH3 is 1. The highest BCUT2D eigenvalue weighted by atomic mass is 19.1. The summed E-state index contributed by atoms with van der Waals surface area (Å²) in [5.41, 5.74) is -0.397. The average Bonchev–Trinajstić information content (AvgIpc) is 2.34. The van der Waals surface area contributed by atoms with Crippen LogP contribution in [0.4, 0.5) is 4.39 Å². The molecule has 0 heterocycles. The third kappa shape index (κ3) is 4.74. The van der Waals surface area contributed by atoms with Crippen LogP contribution in [0.3, 0.4) is 0 Å². The predicted octanol–water partition coefficient (Wildman–Crippen LogP) is 1.80. The van der Waals surface area contributed by atoms with Gasteiger partial charge in [-0.3, -0.25) is 0 Å². The highest BCUT2D eigenvalue weighted by Gasteiger charge is 2.24. The van der Waals surface area contributed by atoms with Gasteiger partial charge in [0.15, 0.2) is 0 Å². The number of benzene rings is 1. The summed E-state index contributed by atoms with van der Waals surface area (Å²) < 4.78 is 19.1. The average molecular weight is 284 g/mol. The van der Waals surface area contributed by atoms with Crippen LogP contribution in [0.25, 0.3) is 0 Å². The fraction of sp³-hybridized carbons (Fsp3) is 0.600. The smallest absolute Gasteiger partial charge is 0.131 e. The lowest BCUT2D eigenvalue weighted by Crippen LogP contribution is -2.46. The van der Waals surface area contributed by atoms with Crippen LogP contribution >= 0.6 is 0 Å². The normalized spacial score (nSPS) is 16.0. The van der Waals surface area contributed by atoms with Gasteiger partial charge < -0.3 is 20.1 Å². The van der Waals surface area contributed by atoms with E-state index in [9.17, 15) is 9.50 Å². The lowest BCUT2D eigenvalue weighted by molar-refractivity contribution is 0.0316. The molecule has 4 nitrogen and oxygen atoms in total. The first-order chi connectivity index (χ1) is 9.26. The van der Waals surface area contributed by atoms with Crippen LogP contribution in [0.2, 0.25) is 0 Å². The molecule has 0 saturated carbocycles. The van der Waals surface area contributed by atoms with Crippen molar-refractivity contribution in [1.82, 2.24) is 10.2 Å². The first-order valence-electron chi connectivity index (χ1n) is 6.69. The minimum absolute atomic E-state index is 0.250. The SMILES string of the molecule is COc1cccc(F)c1C(C)NCC(C)(O)CN(C)C. The molecule has 0 aliphatic carbocycles. The fourth-order valence-corrected chi connectivity index (χ4v) is 2.33. The van der Waals surface area contributed by atoms with Gasteiger partial charge in [-0.1, -0.05) is 6.07 Å².